The Morgan fingerprint density at radius 1 is 1.26 bits per heavy atom. The monoisotopic (exact) mass is 538 g/mol. The maximum Gasteiger partial charge on any atom is 0.312 e. The third-order valence-corrected chi connectivity index (χ3v) is 8.99. The number of esters is 1. The van der Waals surface area contributed by atoms with Gasteiger partial charge in [0.15, 0.2) is 0 Å². The number of likely N-dealkylation sites (tertiary alicyclic amines) is 1. The molecule has 7 atom stereocenters. The van der Waals surface area contributed by atoms with Gasteiger partial charge in [0.05, 0.1) is 30.8 Å². The van der Waals surface area contributed by atoms with Crippen LogP contribution in [0.5, 0.6) is 0 Å². The van der Waals surface area contributed by atoms with Crippen LogP contribution in [0.2, 0.25) is 0 Å². The molecule has 8 nitrogen and oxygen atoms in total. The first-order valence-electron chi connectivity index (χ1n) is 14.0. The lowest BCUT2D eigenvalue weighted by Crippen LogP contribution is -2.59. The van der Waals surface area contributed by atoms with Crippen LogP contribution in [0, 0.1) is 17.8 Å². The first-order valence-corrected chi connectivity index (χ1v) is 14.0. The highest BCUT2D eigenvalue weighted by molar-refractivity contribution is 5.98. The molecule has 0 saturated carbocycles. The number of carbonyl (C=O) groups is 3. The van der Waals surface area contributed by atoms with Crippen LogP contribution in [-0.2, 0) is 30.4 Å². The van der Waals surface area contributed by atoms with E-state index in [1.165, 1.54) is 0 Å². The first kappa shape index (κ1) is 29.0. The number of fused-ring (bicyclic) bond motifs is 1. The second-order valence-corrected chi connectivity index (χ2v) is 11.3. The van der Waals surface area contributed by atoms with Crippen molar-refractivity contribution in [3.05, 3.63) is 61.2 Å². The Hall–Kier alpha value is -2.97. The van der Waals surface area contributed by atoms with Crippen molar-refractivity contribution in [3.8, 4) is 0 Å². The largest absolute Gasteiger partial charge is 0.465 e. The molecule has 0 radical (unpaired) electrons. The number of carbonyl (C=O) groups excluding carboxylic acids is 3. The van der Waals surface area contributed by atoms with Gasteiger partial charge in [0.1, 0.15) is 17.6 Å². The standard InChI is InChI=1S/C31H42N2O6/c1-6-9-18-38-29(37)25-24-27(35)33(23(20-34)21(4)8-3)26(31(24)16-15-30(25,5)39-31)28(36)32(17-7-2)19-22-13-11-10-12-14-22/h6-7,10-14,21,23-26,34H,1-2,8-9,15-20H2,3-5H3/t21-,23-,24-,25+,26?,30-,31?/m0/s1. The van der Waals surface area contributed by atoms with E-state index < -0.39 is 41.1 Å². The van der Waals surface area contributed by atoms with Crippen molar-refractivity contribution >= 4 is 17.8 Å². The maximum absolute atomic E-state index is 14.5. The molecule has 3 fully saturated rings. The molecule has 1 spiro atoms. The number of rotatable bonds is 13. The maximum atomic E-state index is 14.5. The van der Waals surface area contributed by atoms with E-state index in [2.05, 4.69) is 13.2 Å². The Labute approximate surface area is 231 Å². The van der Waals surface area contributed by atoms with Gasteiger partial charge in [-0.15, -0.1) is 13.2 Å². The van der Waals surface area contributed by atoms with Crippen LogP contribution < -0.4 is 0 Å². The summed E-state index contributed by atoms with van der Waals surface area (Å²) in [4.78, 5) is 45.6. The molecule has 8 heteroatoms. The molecule has 3 aliphatic heterocycles. The van der Waals surface area contributed by atoms with E-state index in [4.69, 9.17) is 9.47 Å². The fourth-order valence-electron chi connectivity index (χ4n) is 6.87. The summed E-state index contributed by atoms with van der Waals surface area (Å²) >= 11 is 0. The van der Waals surface area contributed by atoms with Crippen molar-refractivity contribution in [1.82, 2.24) is 9.80 Å². The molecular formula is C31H42N2O6. The first-order chi connectivity index (χ1) is 18.7. The van der Waals surface area contributed by atoms with Gasteiger partial charge in [0.25, 0.3) is 0 Å². The normalized spacial score (nSPS) is 30.5. The molecule has 1 N–H and O–H groups in total. The predicted molar refractivity (Wildman–Crippen MR) is 147 cm³/mol. The number of ether oxygens (including phenoxy) is 2. The van der Waals surface area contributed by atoms with Crippen LogP contribution in [0.25, 0.3) is 0 Å². The lowest BCUT2D eigenvalue weighted by atomic mass is 9.66. The highest BCUT2D eigenvalue weighted by atomic mass is 16.6. The predicted octanol–water partition coefficient (Wildman–Crippen LogP) is 3.49. The third-order valence-electron chi connectivity index (χ3n) is 8.99. The minimum atomic E-state index is -1.18. The Kier molecular flexibility index (Phi) is 8.66. The molecule has 2 unspecified atom stereocenters. The zero-order valence-corrected chi connectivity index (χ0v) is 23.4. The van der Waals surface area contributed by atoms with Crippen molar-refractivity contribution in [2.75, 3.05) is 19.8 Å². The summed E-state index contributed by atoms with van der Waals surface area (Å²) in [6.07, 6.45) is 5.55. The van der Waals surface area contributed by atoms with Crippen LogP contribution in [0.15, 0.2) is 55.6 Å². The van der Waals surface area contributed by atoms with E-state index in [1.807, 2.05) is 51.1 Å². The van der Waals surface area contributed by atoms with Crippen LogP contribution in [0.1, 0.15) is 52.0 Å². The SMILES string of the molecule is C=CCCOC(=O)[C@H]1[C@H]2C(=O)N([C@@H](CO)[C@@H](C)CC)C(C(=O)N(CC=C)Cc3ccccc3)C23CC[C@]1(C)O3. The molecule has 0 aliphatic carbocycles. The van der Waals surface area contributed by atoms with Crippen molar-refractivity contribution in [2.45, 2.75) is 76.3 Å². The smallest absolute Gasteiger partial charge is 0.312 e. The number of aliphatic hydroxyl groups is 1. The molecule has 3 saturated heterocycles. The Morgan fingerprint density at radius 2 is 1.97 bits per heavy atom. The van der Waals surface area contributed by atoms with Crippen molar-refractivity contribution < 1.29 is 29.0 Å². The average Bonchev–Trinajstić information content (AvgIpc) is 3.50. The second-order valence-electron chi connectivity index (χ2n) is 11.3. The van der Waals surface area contributed by atoms with Gasteiger partial charge in [0.2, 0.25) is 11.8 Å². The summed E-state index contributed by atoms with van der Waals surface area (Å²) in [5.74, 6) is -2.83. The number of hydrogen-bond donors (Lipinski definition) is 1. The van der Waals surface area contributed by atoms with E-state index in [-0.39, 0.29) is 37.5 Å². The summed E-state index contributed by atoms with van der Waals surface area (Å²) < 4.78 is 12.3. The minimum absolute atomic E-state index is 0.0720. The van der Waals surface area contributed by atoms with Crippen LogP contribution in [0.3, 0.4) is 0 Å². The Bertz CT molecular complexity index is 1090. The van der Waals surface area contributed by atoms with Gasteiger partial charge in [-0.3, -0.25) is 14.4 Å². The van der Waals surface area contributed by atoms with E-state index >= 15 is 0 Å². The topological polar surface area (TPSA) is 96.4 Å². The van der Waals surface area contributed by atoms with Crippen LogP contribution >= 0.6 is 0 Å². The zero-order valence-electron chi connectivity index (χ0n) is 23.4. The molecule has 2 bridgehead atoms. The number of amides is 2. The Morgan fingerprint density at radius 3 is 2.59 bits per heavy atom. The van der Waals surface area contributed by atoms with E-state index in [0.717, 1.165) is 5.56 Å². The van der Waals surface area contributed by atoms with Gasteiger partial charge >= 0.3 is 5.97 Å². The molecule has 212 valence electrons. The summed E-state index contributed by atoms with van der Waals surface area (Å²) in [6, 6.07) is 8.09. The molecule has 4 rings (SSSR count). The fourth-order valence-corrected chi connectivity index (χ4v) is 6.87. The number of aliphatic hydroxyl groups excluding tert-OH is 1. The van der Waals surface area contributed by atoms with Gasteiger partial charge < -0.3 is 24.4 Å². The lowest BCUT2D eigenvalue weighted by Gasteiger charge is -2.41. The highest BCUT2D eigenvalue weighted by Gasteiger charge is 2.79. The van der Waals surface area contributed by atoms with E-state index in [1.54, 1.807) is 22.0 Å². The van der Waals surface area contributed by atoms with Crippen molar-refractivity contribution in [3.63, 3.8) is 0 Å². The van der Waals surface area contributed by atoms with Gasteiger partial charge in [-0.2, -0.15) is 0 Å². The lowest BCUT2D eigenvalue weighted by molar-refractivity contribution is -0.162. The van der Waals surface area contributed by atoms with E-state index in [9.17, 15) is 19.5 Å². The summed E-state index contributed by atoms with van der Waals surface area (Å²) in [5, 5.41) is 10.5. The van der Waals surface area contributed by atoms with Crippen LogP contribution in [-0.4, -0.2) is 75.7 Å². The minimum Gasteiger partial charge on any atom is -0.465 e. The zero-order chi connectivity index (χ0) is 28.4. The molecular weight excluding hydrogens is 496 g/mol. The molecule has 3 heterocycles. The van der Waals surface area contributed by atoms with E-state index in [0.29, 0.717) is 32.2 Å². The van der Waals surface area contributed by atoms with Gasteiger partial charge in [0, 0.05) is 13.1 Å². The van der Waals surface area contributed by atoms with Gasteiger partial charge in [-0.1, -0.05) is 62.8 Å². The molecule has 1 aromatic rings. The molecule has 3 aliphatic rings. The van der Waals surface area contributed by atoms with Crippen molar-refractivity contribution in [1.29, 1.82) is 0 Å². The Balaban J connectivity index is 1.78. The van der Waals surface area contributed by atoms with Gasteiger partial charge in [-0.25, -0.2) is 0 Å². The fraction of sp³-hybridized carbons (Fsp3) is 0.581. The number of hydrogen-bond acceptors (Lipinski definition) is 6. The number of benzene rings is 1. The molecule has 0 aromatic heterocycles. The number of nitrogens with zero attached hydrogens (tertiary/aromatic N) is 2. The molecule has 2 amide bonds. The molecule has 39 heavy (non-hydrogen) atoms. The summed E-state index contributed by atoms with van der Waals surface area (Å²) in [5.41, 5.74) is -1.14. The van der Waals surface area contributed by atoms with Crippen molar-refractivity contribution in [2.24, 2.45) is 17.8 Å². The third kappa shape index (κ3) is 4.93. The van der Waals surface area contributed by atoms with Gasteiger partial charge in [-0.05, 0) is 37.7 Å². The summed E-state index contributed by atoms with van der Waals surface area (Å²) in [6.45, 7) is 13.8. The molecule has 1 aromatic carbocycles. The summed E-state index contributed by atoms with van der Waals surface area (Å²) in [7, 11) is 0. The van der Waals surface area contributed by atoms with Crippen LogP contribution in [0.4, 0.5) is 0 Å². The second kappa shape index (κ2) is 11.6. The quantitative estimate of drug-likeness (QED) is 0.235. The highest BCUT2D eigenvalue weighted by Crippen LogP contribution is 2.64. The average molecular weight is 539 g/mol.